The maximum Gasteiger partial charge on any atom is 0.362 e. The van der Waals surface area contributed by atoms with Crippen molar-refractivity contribution in [3.8, 4) is 17.4 Å². The molecule has 4 fully saturated rings. The Morgan fingerprint density at radius 1 is 0.928 bits per heavy atom. The average Bonchev–Trinajstić information content (AvgIpc) is 4.19. The number of fused-ring (bicyclic) bond motifs is 1. The lowest BCUT2D eigenvalue weighted by Crippen LogP contribution is -2.49. The molecule has 69 heavy (non-hydrogen) atoms. The number of ether oxygens (including phenoxy) is 4. The zero-order chi connectivity index (χ0) is 51.5. The summed E-state index contributed by atoms with van der Waals surface area (Å²) in [7, 11) is -6.70. The number of likely N-dealkylation sites (tertiary alicyclic amines) is 1. The summed E-state index contributed by atoms with van der Waals surface area (Å²) in [5.41, 5.74) is -3.67. The molecule has 3 N–H and O–H groups in total. The quantitative estimate of drug-likeness (QED) is 0.108. The predicted octanol–water partition coefficient (Wildman–Crippen LogP) is 7.66. The van der Waals surface area contributed by atoms with E-state index in [2.05, 4.69) is 9.71 Å². The van der Waals surface area contributed by atoms with E-state index in [0.29, 0.717) is 61.1 Å². The van der Waals surface area contributed by atoms with Gasteiger partial charge in [0.1, 0.15) is 33.7 Å². The molecule has 0 spiro atoms. The van der Waals surface area contributed by atoms with Crippen LogP contribution in [0, 0.1) is 22.7 Å². The van der Waals surface area contributed by atoms with Gasteiger partial charge in [0.15, 0.2) is 5.78 Å². The number of pyridine rings is 1. The number of amides is 2. The Kier molecular flexibility index (Phi) is 17.5. The molecule has 5 atom stereocenters. The summed E-state index contributed by atoms with van der Waals surface area (Å²) < 4.78 is 83.0. The summed E-state index contributed by atoms with van der Waals surface area (Å²) in [4.78, 5) is 62.5. The van der Waals surface area contributed by atoms with Crippen LogP contribution in [0.2, 0.25) is 5.02 Å². The molecule has 18 nitrogen and oxygen atoms in total. The Bertz CT molecular complexity index is 2450. The van der Waals surface area contributed by atoms with Gasteiger partial charge in [0, 0.05) is 24.3 Å². The normalized spacial score (nSPS) is 23.0. The lowest BCUT2D eigenvalue weighted by molar-refractivity contribution is -0.161. The van der Waals surface area contributed by atoms with E-state index in [1.807, 2.05) is 48.5 Å². The standard InChI is InChI=1S/C42H60ClN3O11S.C6H13NO3S/c1-11-16-41(17-18-41)57-58(51,52)45-38(50)42(22-25(42)12-2)23-30(47)29-19-26(24-46(29)37(49)28(39(4,5)6)20-34(48)56-40(7,8)9)55-32-21-33(54-13-3)44-36-27(32)14-15-31(53-10)35(36)43;1-2-3-6(4-5-6)10-11(7,8)9/h14-15,21,25-26,28-29H,11-13,16-20,22-24H2,1-10H3,(H,45,50);2-5H2,1H3,(H2,7,8,9)/t25-,26-,28-,29+,42-;/m1./s1. The fourth-order valence-corrected chi connectivity index (χ4v) is 11.6. The van der Waals surface area contributed by atoms with Gasteiger partial charge in [0.25, 0.3) is 0 Å². The van der Waals surface area contributed by atoms with Gasteiger partial charge in [-0.2, -0.15) is 16.8 Å². The van der Waals surface area contributed by atoms with Crippen LogP contribution < -0.4 is 24.1 Å². The molecule has 3 saturated carbocycles. The fourth-order valence-electron chi connectivity index (χ4n) is 9.36. The molecule has 388 valence electrons. The van der Waals surface area contributed by atoms with Crippen molar-refractivity contribution in [1.82, 2.24) is 14.6 Å². The summed E-state index contributed by atoms with van der Waals surface area (Å²) in [6.45, 7) is 18.7. The SMILES string of the molecule is CCCC1(OS(=O)(=O)NC(=O)[C@@]2(CC(=O)[C@@H]3C[C@@H](Oc4cc(OCC)nc5c(Cl)c(OC)ccc45)CN3C(=O)[C@@H](CC(=O)OC(C)(C)C)C(C)(C)C)C[C@H]2CC)CC1.CCCC1(OS(N)(=O)=O)CC1. The van der Waals surface area contributed by atoms with E-state index < -0.39 is 89.9 Å². The number of carbonyl (C=O) groups is 4. The van der Waals surface area contributed by atoms with Gasteiger partial charge in [-0.15, -0.1) is 0 Å². The van der Waals surface area contributed by atoms with Crippen molar-refractivity contribution in [1.29, 1.82) is 0 Å². The summed E-state index contributed by atoms with van der Waals surface area (Å²) in [6, 6.07) is 4.00. The number of methoxy groups -OCH3 is 1. The van der Waals surface area contributed by atoms with Gasteiger partial charge in [-0.25, -0.2) is 19.0 Å². The lowest BCUT2D eigenvalue weighted by Gasteiger charge is -2.35. The molecular formula is C48H73ClN4O14S2. The first-order valence-corrected chi connectivity index (χ1v) is 27.3. The number of carbonyl (C=O) groups excluding carboxylic acids is 4. The number of benzene rings is 1. The number of hydrogen-bond donors (Lipinski definition) is 2. The average molecular weight is 1030 g/mol. The molecule has 1 aromatic heterocycles. The van der Waals surface area contributed by atoms with Crippen LogP contribution in [0.25, 0.3) is 10.9 Å². The van der Waals surface area contributed by atoms with Gasteiger partial charge >= 0.3 is 26.6 Å². The van der Waals surface area contributed by atoms with E-state index in [1.54, 1.807) is 39.0 Å². The Balaban J connectivity index is 0.000000709. The molecule has 1 aliphatic heterocycles. The highest BCUT2D eigenvalue weighted by Gasteiger charge is 2.62. The highest BCUT2D eigenvalue weighted by atomic mass is 35.5. The van der Waals surface area contributed by atoms with Crippen LogP contribution in [0.5, 0.6) is 17.4 Å². The molecule has 1 aromatic carbocycles. The van der Waals surface area contributed by atoms with E-state index in [4.69, 9.17) is 44.1 Å². The van der Waals surface area contributed by atoms with Gasteiger partial charge in [-0.3, -0.25) is 23.4 Å². The first-order valence-electron chi connectivity index (χ1n) is 24.0. The number of nitrogens with zero attached hydrogens (tertiary/aromatic N) is 2. The Morgan fingerprint density at radius 2 is 1.54 bits per heavy atom. The predicted molar refractivity (Wildman–Crippen MR) is 259 cm³/mol. The minimum atomic E-state index is -4.45. The number of nitrogens with two attached hydrogens (primary N) is 1. The highest BCUT2D eigenvalue weighted by Crippen LogP contribution is 2.58. The summed E-state index contributed by atoms with van der Waals surface area (Å²) in [5.74, 6) is -2.33. The molecule has 2 heterocycles. The van der Waals surface area contributed by atoms with Gasteiger partial charge < -0.3 is 23.8 Å². The lowest BCUT2D eigenvalue weighted by atomic mass is 9.77. The van der Waals surface area contributed by atoms with Crippen LogP contribution in [0.4, 0.5) is 0 Å². The molecular weight excluding hydrogens is 956 g/mol. The third kappa shape index (κ3) is 14.6. The smallest absolute Gasteiger partial charge is 0.362 e. The van der Waals surface area contributed by atoms with Crippen LogP contribution >= 0.6 is 11.6 Å². The number of halogens is 1. The fraction of sp³-hybridized carbons (Fsp3) is 0.729. The second-order valence-electron chi connectivity index (χ2n) is 21.1. The molecule has 1 saturated heterocycles. The van der Waals surface area contributed by atoms with Gasteiger partial charge in [0.2, 0.25) is 17.7 Å². The van der Waals surface area contributed by atoms with Crippen LogP contribution in [0.1, 0.15) is 153 Å². The molecule has 0 radical (unpaired) electrons. The zero-order valence-corrected chi connectivity index (χ0v) is 44.4. The first kappa shape index (κ1) is 56.1. The van der Waals surface area contributed by atoms with Crippen molar-refractivity contribution >= 4 is 66.7 Å². The van der Waals surface area contributed by atoms with E-state index in [-0.39, 0.29) is 42.6 Å². The molecule has 3 aliphatic carbocycles. The summed E-state index contributed by atoms with van der Waals surface area (Å²) in [6.07, 6.45) is 5.41. The number of esters is 1. The third-order valence-electron chi connectivity index (χ3n) is 13.2. The summed E-state index contributed by atoms with van der Waals surface area (Å²) in [5, 5.41) is 5.54. The van der Waals surface area contributed by atoms with E-state index in [1.165, 1.54) is 12.0 Å². The van der Waals surface area contributed by atoms with Crippen molar-refractivity contribution in [2.75, 3.05) is 20.3 Å². The van der Waals surface area contributed by atoms with E-state index in [9.17, 15) is 36.0 Å². The molecule has 2 amide bonds. The molecule has 0 unspecified atom stereocenters. The van der Waals surface area contributed by atoms with Gasteiger partial charge in [0.05, 0.1) is 55.3 Å². The Labute approximate surface area is 413 Å². The molecule has 4 aliphatic rings. The number of rotatable bonds is 22. The van der Waals surface area contributed by atoms with Crippen LogP contribution in [0.15, 0.2) is 18.2 Å². The second kappa shape index (κ2) is 21.5. The van der Waals surface area contributed by atoms with Crippen molar-refractivity contribution in [3.63, 3.8) is 0 Å². The topological polar surface area (TPSA) is 246 Å². The first-order chi connectivity index (χ1) is 32.0. The molecule has 0 bridgehead atoms. The summed E-state index contributed by atoms with van der Waals surface area (Å²) >= 11 is 6.68. The van der Waals surface area contributed by atoms with Gasteiger partial charge in [-0.05, 0) is 96.1 Å². The molecule has 2 aromatic rings. The molecule has 21 heteroatoms. The third-order valence-corrected chi connectivity index (χ3v) is 15.1. The monoisotopic (exact) mass is 1030 g/mol. The maximum absolute atomic E-state index is 14.8. The zero-order valence-electron chi connectivity index (χ0n) is 42.0. The van der Waals surface area contributed by atoms with Crippen molar-refractivity contribution in [2.45, 2.75) is 182 Å². The Morgan fingerprint density at radius 3 is 2.03 bits per heavy atom. The maximum atomic E-state index is 14.8. The van der Waals surface area contributed by atoms with Crippen LogP contribution in [-0.2, 0) is 52.9 Å². The van der Waals surface area contributed by atoms with Crippen molar-refractivity contribution in [2.24, 2.45) is 27.8 Å². The highest BCUT2D eigenvalue weighted by molar-refractivity contribution is 7.85. The number of nitrogens with one attached hydrogen (secondary N) is 1. The number of ketones is 1. The minimum Gasteiger partial charge on any atom is -0.495 e. The molecule has 6 rings (SSSR count). The minimum absolute atomic E-state index is 0.0219. The van der Waals surface area contributed by atoms with Crippen molar-refractivity contribution < 1.29 is 63.3 Å². The van der Waals surface area contributed by atoms with Crippen LogP contribution in [0.3, 0.4) is 0 Å². The number of aromatic nitrogens is 1. The van der Waals surface area contributed by atoms with Crippen LogP contribution in [-0.4, -0.2) is 99.5 Å². The number of hydrogen-bond acceptors (Lipinski definition) is 15. The van der Waals surface area contributed by atoms with Gasteiger partial charge in [-0.1, -0.05) is 72.4 Å². The number of Topliss-reactive ketones (excluding diaryl/α,β-unsaturated/α-hetero) is 1. The van der Waals surface area contributed by atoms with E-state index >= 15 is 0 Å². The Hall–Kier alpha value is -3.82. The second-order valence-corrected chi connectivity index (χ2v) is 23.9. The largest absolute Gasteiger partial charge is 0.495 e. The van der Waals surface area contributed by atoms with Crippen molar-refractivity contribution in [3.05, 3.63) is 23.2 Å². The van der Waals surface area contributed by atoms with E-state index in [0.717, 1.165) is 32.1 Å².